The molecule has 3 fully saturated rings. The third kappa shape index (κ3) is 9.50. The van der Waals surface area contributed by atoms with E-state index in [1.807, 2.05) is 43.1 Å². The standard InChI is InChI=1S/C34H54N6O5S/c1-24(2)19-28-33(44)39-27(20-34(3,4)5)32(43)38(26-14-17-37(21-26)16-8-9-18-41)22-30(39)40(45-28)31(42)13-12-29-35-25(23-46-29)11-10-15-36(6)7/h23-24,26-28,30,41H,8-9,12-22H2,1-7H3/t26-,27-,28+,30-/m0/s1. The second-order valence-electron chi connectivity index (χ2n) is 14.8. The molecule has 1 aromatic rings. The molecule has 11 nitrogen and oxygen atoms in total. The van der Waals surface area contributed by atoms with Crippen molar-refractivity contribution in [2.45, 2.75) is 104 Å². The first-order chi connectivity index (χ1) is 21.8. The lowest BCUT2D eigenvalue weighted by Crippen LogP contribution is -2.74. The smallest absolute Gasteiger partial charge is 0.256 e. The zero-order chi connectivity index (χ0) is 33.6. The number of rotatable bonds is 12. The van der Waals surface area contributed by atoms with E-state index in [0.717, 1.165) is 43.9 Å². The summed E-state index contributed by atoms with van der Waals surface area (Å²) >= 11 is 1.49. The fraction of sp³-hybridized carbons (Fsp3) is 0.765. The van der Waals surface area contributed by atoms with Gasteiger partial charge in [0.25, 0.3) is 5.91 Å². The molecule has 12 heteroatoms. The number of aliphatic hydroxyl groups excluding tert-OH is 1. The zero-order valence-electron chi connectivity index (χ0n) is 28.8. The number of amides is 3. The number of aryl methyl sites for hydroxylation is 1. The molecule has 1 aromatic heterocycles. The van der Waals surface area contributed by atoms with Crippen LogP contribution in [0, 0.1) is 23.2 Å². The average molecular weight is 659 g/mol. The van der Waals surface area contributed by atoms with E-state index in [1.165, 1.54) is 16.4 Å². The highest BCUT2D eigenvalue weighted by atomic mass is 32.1. The number of hydrogen-bond acceptors (Lipinski definition) is 9. The number of carbonyl (C=O) groups is 3. The Morgan fingerprint density at radius 2 is 1.96 bits per heavy atom. The molecule has 3 saturated heterocycles. The molecule has 3 aliphatic rings. The molecule has 0 aromatic carbocycles. The van der Waals surface area contributed by atoms with Crippen LogP contribution in [0.15, 0.2) is 5.38 Å². The second-order valence-corrected chi connectivity index (χ2v) is 15.7. The number of aromatic nitrogens is 1. The zero-order valence-corrected chi connectivity index (χ0v) is 29.6. The summed E-state index contributed by atoms with van der Waals surface area (Å²) in [7, 11) is 3.93. The Morgan fingerprint density at radius 1 is 1.20 bits per heavy atom. The van der Waals surface area contributed by atoms with Crippen LogP contribution in [0.3, 0.4) is 0 Å². The van der Waals surface area contributed by atoms with Gasteiger partial charge in [0.1, 0.15) is 11.7 Å². The molecule has 3 aliphatic heterocycles. The van der Waals surface area contributed by atoms with Gasteiger partial charge in [-0.25, -0.2) is 4.98 Å². The number of likely N-dealkylation sites (tertiary alicyclic amines) is 1. The first-order valence-electron chi connectivity index (χ1n) is 16.8. The Kier molecular flexibility index (Phi) is 12.6. The molecule has 0 bridgehead atoms. The van der Waals surface area contributed by atoms with E-state index in [2.05, 4.69) is 42.5 Å². The lowest BCUT2D eigenvalue weighted by atomic mass is 9.85. The largest absolute Gasteiger partial charge is 0.396 e. The summed E-state index contributed by atoms with van der Waals surface area (Å²) in [5, 5.41) is 13.4. The number of nitrogens with zero attached hydrogens (tertiary/aromatic N) is 6. The summed E-state index contributed by atoms with van der Waals surface area (Å²) in [5.74, 6) is 5.88. The Balaban J connectivity index is 1.57. The number of unbranched alkanes of at least 4 members (excludes halogenated alkanes) is 1. The van der Waals surface area contributed by atoms with Crippen LogP contribution in [-0.4, -0.2) is 130 Å². The van der Waals surface area contributed by atoms with E-state index in [1.54, 1.807) is 4.90 Å². The van der Waals surface area contributed by atoms with E-state index < -0.39 is 18.3 Å². The molecule has 0 aliphatic carbocycles. The van der Waals surface area contributed by atoms with Crippen LogP contribution < -0.4 is 0 Å². The Hall–Kier alpha value is -2.56. The summed E-state index contributed by atoms with van der Waals surface area (Å²) in [6.07, 6.45) is 2.54. The molecule has 0 spiro atoms. The van der Waals surface area contributed by atoms with Crippen molar-refractivity contribution in [3.63, 3.8) is 0 Å². The van der Waals surface area contributed by atoms with Gasteiger partial charge in [-0.15, -0.1) is 11.3 Å². The molecule has 4 rings (SSSR count). The Morgan fingerprint density at radius 3 is 2.63 bits per heavy atom. The number of aliphatic hydroxyl groups is 1. The van der Waals surface area contributed by atoms with E-state index in [0.29, 0.717) is 31.5 Å². The predicted molar refractivity (Wildman–Crippen MR) is 178 cm³/mol. The molecule has 4 heterocycles. The molecular weight excluding hydrogens is 604 g/mol. The van der Waals surface area contributed by atoms with Crippen LogP contribution >= 0.6 is 11.3 Å². The molecule has 4 atom stereocenters. The maximum Gasteiger partial charge on any atom is 0.256 e. The van der Waals surface area contributed by atoms with Crippen molar-refractivity contribution in [3.05, 3.63) is 16.1 Å². The van der Waals surface area contributed by atoms with Gasteiger partial charge < -0.3 is 19.8 Å². The van der Waals surface area contributed by atoms with Crippen molar-refractivity contribution >= 4 is 29.1 Å². The van der Waals surface area contributed by atoms with Gasteiger partial charge in [0.15, 0.2) is 12.3 Å². The molecule has 256 valence electrons. The minimum absolute atomic E-state index is 0.00553. The van der Waals surface area contributed by atoms with Crippen molar-refractivity contribution in [2.24, 2.45) is 11.3 Å². The van der Waals surface area contributed by atoms with Crippen LogP contribution in [0.4, 0.5) is 0 Å². The van der Waals surface area contributed by atoms with Gasteiger partial charge in [0, 0.05) is 44.0 Å². The highest BCUT2D eigenvalue weighted by molar-refractivity contribution is 7.09. The molecule has 1 N–H and O–H groups in total. The number of piperazine rings is 1. The van der Waals surface area contributed by atoms with Crippen molar-refractivity contribution in [1.29, 1.82) is 0 Å². The second kappa shape index (κ2) is 16.0. The first-order valence-corrected chi connectivity index (χ1v) is 17.7. The van der Waals surface area contributed by atoms with Crippen LogP contribution in [0.1, 0.15) is 83.8 Å². The Bertz CT molecular complexity index is 1270. The predicted octanol–water partition coefficient (Wildman–Crippen LogP) is 2.83. The molecule has 0 radical (unpaired) electrons. The third-order valence-corrected chi connectivity index (χ3v) is 9.56. The fourth-order valence-corrected chi connectivity index (χ4v) is 7.21. The maximum absolute atomic E-state index is 14.3. The molecule has 0 saturated carbocycles. The van der Waals surface area contributed by atoms with Crippen molar-refractivity contribution in [2.75, 3.05) is 53.4 Å². The summed E-state index contributed by atoms with van der Waals surface area (Å²) in [5.41, 5.74) is 0.476. The van der Waals surface area contributed by atoms with Crippen molar-refractivity contribution in [1.82, 2.24) is 29.6 Å². The normalized spacial score (nSPS) is 24.2. The summed E-state index contributed by atoms with van der Waals surface area (Å²) in [4.78, 5) is 61.2. The number of thiazole rings is 1. The molecule has 3 amide bonds. The topological polar surface area (TPSA) is 110 Å². The van der Waals surface area contributed by atoms with E-state index in [-0.39, 0.29) is 54.7 Å². The lowest BCUT2D eigenvalue weighted by molar-refractivity contribution is -0.278. The van der Waals surface area contributed by atoms with E-state index >= 15 is 0 Å². The lowest BCUT2D eigenvalue weighted by Gasteiger charge is -2.55. The third-order valence-electron chi connectivity index (χ3n) is 8.65. The minimum Gasteiger partial charge on any atom is -0.396 e. The molecule has 46 heavy (non-hydrogen) atoms. The van der Waals surface area contributed by atoms with Crippen LogP contribution in [-0.2, 0) is 25.6 Å². The van der Waals surface area contributed by atoms with Crippen molar-refractivity contribution in [3.8, 4) is 11.8 Å². The number of hydrogen-bond donors (Lipinski definition) is 1. The first kappa shape index (κ1) is 36.3. The van der Waals surface area contributed by atoms with Crippen LogP contribution in [0.25, 0.3) is 0 Å². The summed E-state index contributed by atoms with van der Waals surface area (Å²) in [6, 6.07) is -0.681. The monoisotopic (exact) mass is 658 g/mol. The highest BCUT2D eigenvalue weighted by Crippen LogP contribution is 2.36. The quantitative estimate of drug-likeness (QED) is 0.270. The van der Waals surface area contributed by atoms with Gasteiger partial charge in [-0.2, -0.15) is 5.06 Å². The van der Waals surface area contributed by atoms with Gasteiger partial charge in [0.05, 0.1) is 18.1 Å². The highest BCUT2D eigenvalue weighted by Gasteiger charge is 2.54. The summed E-state index contributed by atoms with van der Waals surface area (Å²) in [6.45, 7) is 13.8. The molecule has 0 unspecified atom stereocenters. The van der Waals surface area contributed by atoms with Gasteiger partial charge in [-0.1, -0.05) is 40.5 Å². The van der Waals surface area contributed by atoms with E-state index in [9.17, 15) is 19.5 Å². The van der Waals surface area contributed by atoms with Gasteiger partial charge in [-0.05, 0) is 70.0 Å². The number of carbonyl (C=O) groups excluding carboxylic acids is 3. The number of fused-ring (bicyclic) bond motifs is 1. The van der Waals surface area contributed by atoms with Gasteiger partial charge in [-0.3, -0.25) is 24.1 Å². The molecular formula is C34H54N6O5S. The fourth-order valence-electron chi connectivity index (χ4n) is 6.48. The van der Waals surface area contributed by atoms with Gasteiger partial charge in [0.2, 0.25) is 11.8 Å². The van der Waals surface area contributed by atoms with Crippen molar-refractivity contribution < 1.29 is 24.3 Å². The van der Waals surface area contributed by atoms with Gasteiger partial charge >= 0.3 is 0 Å². The minimum atomic E-state index is -0.825. The van der Waals surface area contributed by atoms with E-state index in [4.69, 9.17) is 4.84 Å². The van der Waals surface area contributed by atoms with Crippen LogP contribution in [0.2, 0.25) is 0 Å². The summed E-state index contributed by atoms with van der Waals surface area (Å²) < 4.78 is 0. The maximum atomic E-state index is 14.3. The SMILES string of the molecule is CC(C)C[C@H]1ON(C(=O)CCc2nc(C#CCN(C)C)cs2)[C@H]2CN([C@H]3CCN(CCCCO)C3)C(=O)[C@H](CC(C)(C)C)N2C1=O. The number of hydroxylamine groups is 2. The van der Waals surface area contributed by atoms with Crippen LogP contribution in [0.5, 0.6) is 0 Å². The average Bonchev–Trinajstić information content (AvgIpc) is 3.63. The Labute approximate surface area is 279 Å².